The molecule has 7 heteroatoms. The molecule has 0 aromatic carbocycles. The van der Waals surface area contributed by atoms with Crippen molar-refractivity contribution in [2.45, 2.75) is 38.6 Å². The second-order valence-corrected chi connectivity index (χ2v) is 5.34. The minimum atomic E-state index is -1.07. The van der Waals surface area contributed by atoms with E-state index in [1.807, 2.05) is 0 Å². The van der Waals surface area contributed by atoms with E-state index < -0.39 is 18.0 Å². The van der Waals surface area contributed by atoms with Crippen molar-refractivity contribution >= 4 is 28.5 Å². The first-order valence-electron chi connectivity index (χ1n) is 5.85. The van der Waals surface area contributed by atoms with Gasteiger partial charge in [-0.2, -0.15) is 0 Å². The average Bonchev–Trinajstić information content (AvgIpc) is 2.70. The van der Waals surface area contributed by atoms with Crippen LogP contribution in [0.5, 0.6) is 0 Å². The summed E-state index contributed by atoms with van der Waals surface area (Å²) in [6, 6.07) is -1.45. The first-order valence-corrected chi connectivity index (χ1v) is 6.67. The van der Waals surface area contributed by atoms with E-state index in [4.69, 9.17) is 5.11 Å². The fraction of sp³-hybridized carbons (Fsp3) is 0.545. The zero-order chi connectivity index (χ0) is 13.1. The lowest BCUT2D eigenvalue weighted by Gasteiger charge is -2.08. The number of carboxylic acid groups (broad SMARTS) is 1. The minimum Gasteiger partial charge on any atom is -0.480 e. The highest BCUT2D eigenvalue weighted by Crippen LogP contribution is 2.29. The van der Waals surface area contributed by atoms with E-state index in [1.54, 1.807) is 0 Å². The number of thiazole rings is 1. The van der Waals surface area contributed by atoms with Crippen molar-refractivity contribution in [1.82, 2.24) is 10.3 Å². The summed E-state index contributed by atoms with van der Waals surface area (Å²) >= 11 is 1.47. The number of rotatable bonds is 3. The lowest BCUT2D eigenvalue weighted by atomic mass is 10.0. The number of hydrogen-bond acceptors (Lipinski definition) is 4. The van der Waals surface area contributed by atoms with E-state index in [9.17, 15) is 9.59 Å². The number of nitrogens with one attached hydrogen (secondary N) is 2. The van der Waals surface area contributed by atoms with E-state index >= 15 is 0 Å². The van der Waals surface area contributed by atoms with Crippen molar-refractivity contribution < 1.29 is 14.7 Å². The van der Waals surface area contributed by atoms with Crippen molar-refractivity contribution in [3.63, 3.8) is 0 Å². The Morgan fingerprint density at radius 3 is 2.78 bits per heavy atom. The van der Waals surface area contributed by atoms with Crippen LogP contribution in [0.1, 0.15) is 30.3 Å². The van der Waals surface area contributed by atoms with Crippen LogP contribution in [0.15, 0.2) is 0 Å². The molecule has 0 radical (unpaired) electrons. The molecule has 1 heterocycles. The molecule has 0 saturated carbocycles. The third kappa shape index (κ3) is 2.98. The Bertz CT molecular complexity index is 449. The summed E-state index contributed by atoms with van der Waals surface area (Å²) in [4.78, 5) is 27.7. The summed E-state index contributed by atoms with van der Waals surface area (Å²) in [5.41, 5.74) is 1.06. The number of carbonyl (C=O) groups excluding carboxylic acids is 1. The summed E-state index contributed by atoms with van der Waals surface area (Å²) in [5, 5.41) is 14.1. The summed E-state index contributed by atoms with van der Waals surface area (Å²) in [5.74, 6) is -1.07. The molecule has 6 nitrogen and oxygen atoms in total. The molecule has 0 aliphatic heterocycles. The molecule has 3 N–H and O–H groups in total. The number of aliphatic carboxylic acids is 1. The quantitative estimate of drug-likeness (QED) is 0.777. The van der Waals surface area contributed by atoms with Crippen LogP contribution in [-0.2, 0) is 17.6 Å². The smallest absolute Gasteiger partial charge is 0.325 e. The van der Waals surface area contributed by atoms with Gasteiger partial charge in [0.1, 0.15) is 6.04 Å². The molecule has 98 valence electrons. The number of fused-ring (bicyclic) bond motifs is 1. The van der Waals surface area contributed by atoms with Crippen LogP contribution in [0.2, 0.25) is 0 Å². The SMILES string of the molecule is CC(NC(=O)Nc1nc2c(s1)CCCC2)C(=O)O. The predicted molar refractivity (Wildman–Crippen MR) is 68.0 cm³/mol. The number of aryl methyl sites for hydroxylation is 2. The van der Waals surface area contributed by atoms with Crippen LogP contribution in [-0.4, -0.2) is 28.1 Å². The Labute approximate surface area is 108 Å². The van der Waals surface area contributed by atoms with Crippen LogP contribution in [0, 0.1) is 0 Å². The van der Waals surface area contributed by atoms with Gasteiger partial charge in [0.15, 0.2) is 5.13 Å². The molecule has 18 heavy (non-hydrogen) atoms. The molecule has 0 fully saturated rings. The van der Waals surface area contributed by atoms with Gasteiger partial charge in [-0.15, -0.1) is 11.3 Å². The molecule has 1 aromatic heterocycles. The van der Waals surface area contributed by atoms with Crippen LogP contribution >= 0.6 is 11.3 Å². The summed E-state index contributed by atoms with van der Waals surface area (Å²) in [7, 11) is 0. The zero-order valence-electron chi connectivity index (χ0n) is 10.0. The number of aromatic nitrogens is 1. The highest BCUT2D eigenvalue weighted by atomic mass is 32.1. The van der Waals surface area contributed by atoms with Gasteiger partial charge in [0.05, 0.1) is 5.69 Å². The highest BCUT2D eigenvalue weighted by molar-refractivity contribution is 7.15. The van der Waals surface area contributed by atoms with Gasteiger partial charge in [-0.05, 0) is 32.6 Å². The number of hydrogen-bond donors (Lipinski definition) is 3. The predicted octanol–water partition coefficient (Wildman–Crippen LogP) is 1.62. The molecule has 0 bridgehead atoms. The van der Waals surface area contributed by atoms with E-state index in [0.717, 1.165) is 31.4 Å². The van der Waals surface area contributed by atoms with E-state index in [1.165, 1.54) is 23.1 Å². The Morgan fingerprint density at radius 1 is 1.39 bits per heavy atom. The number of carbonyl (C=O) groups is 2. The maximum atomic E-state index is 11.5. The van der Waals surface area contributed by atoms with Crippen LogP contribution in [0.25, 0.3) is 0 Å². The van der Waals surface area contributed by atoms with Crippen molar-refractivity contribution in [3.8, 4) is 0 Å². The molecule has 2 amide bonds. The molecule has 1 aliphatic carbocycles. The van der Waals surface area contributed by atoms with Crippen molar-refractivity contribution in [2.75, 3.05) is 5.32 Å². The minimum absolute atomic E-state index is 0.531. The van der Waals surface area contributed by atoms with E-state index in [-0.39, 0.29) is 0 Å². The summed E-state index contributed by atoms with van der Waals surface area (Å²) < 4.78 is 0. The number of nitrogens with zero attached hydrogens (tertiary/aromatic N) is 1. The normalized spacial score (nSPS) is 15.6. The lowest BCUT2D eigenvalue weighted by Crippen LogP contribution is -2.40. The van der Waals surface area contributed by atoms with Gasteiger partial charge in [-0.25, -0.2) is 9.78 Å². The third-order valence-electron chi connectivity index (χ3n) is 2.78. The molecule has 1 aromatic rings. The number of amides is 2. The maximum Gasteiger partial charge on any atom is 0.325 e. The Balaban J connectivity index is 1.95. The van der Waals surface area contributed by atoms with Gasteiger partial charge < -0.3 is 10.4 Å². The number of carboxylic acids is 1. The van der Waals surface area contributed by atoms with Crippen LogP contribution in [0.4, 0.5) is 9.93 Å². The molecule has 1 unspecified atom stereocenters. The standard InChI is InChI=1S/C11H15N3O3S/c1-6(9(15)16)12-10(17)14-11-13-7-4-2-3-5-8(7)18-11/h6H,2-5H2,1H3,(H,15,16)(H2,12,13,14,17). The molecular weight excluding hydrogens is 254 g/mol. The third-order valence-corrected chi connectivity index (χ3v) is 3.86. The average molecular weight is 269 g/mol. The van der Waals surface area contributed by atoms with E-state index in [0.29, 0.717) is 5.13 Å². The number of urea groups is 1. The molecule has 0 spiro atoms. The molecular formula is C11H15N3O3S. The monoisotopic (exact) mass is 269 g/mol. The first-order chi connectivity index (χ1) is 8.56. The van der Waals surface area contributed by atoms with E-state index in [2.05, 4.69) is 15.6 Å². The fourth-order valence-electron chi connectivity index (χ4n) is 1.80. The Morgan fingerprint density at radius 2 is 2.11 bits per heavy atom. The van der Waals surface area contributed by atoms with Gasteiger partial charge in [-0.3, -0.25) is 10.1 Å². The van der Waals surface area contributed by atoms with Crippen LogP contribution < -0.4 is 10.6 Å². The van der Waals surface area contributed by atoms with Gasteiger partial charge in [0, 0.05) is 4.88 Å². The zero-order valence-corrected chi connectivity index (χ0v) is 10.8. The Kier molecular flexibility index (Phi) is 3.81. The first kappa shape index (κ1) is 12.8. The van der Waals surface area contributed by atoms with Crippen molar-refractivity contribution in [2.24, 2.45) is 0 Å². The van der Waals surface area contributed by atoms with Gasteiger partial charge in [0.2, 0.25) is 0 Å². The highest BCUT2D eigenvalue weighted by Gasteiger charge is 2.18. The van der Waals surface area contributed by atoms with Crippen LogP contribution in [0.3, 0.4) is 0 Å². The van der Waals surface area contributed by atoms with Crippen molar-refractivity contribution in [3.05, 3.63) is 10.6 Å². The fourth-order valence-corrected chi connectivity index (χ4v) is 2.84. The maximum absolute atomic E-state index is 11.5. The molecule has 0 saturated heterocycles. The van der Waals surface area contributed by atoms with Gasteiger partial charge in [-0.1, -0.05) is 0 Å². The van der Waals surface area contributed by atoms with Crippen molar-refractivity contribution in [1.29, 1.82) is 0 Å². The summed E-state index contributed by atoms with van der Waals surface area (Å²) in [6.45, 7) is 1.41. The van der Waals surface area contributed by atoms with Gasteiger partial charge >= 0.3 is 12.0 Å². The number of anilines is 1. The Hall–Kier alpha value is -1.63. The lowest BCUT2D eigenvalue weighted by molar-refractivity contribution is -0.138. The molecule has 2 rings (SSSR count). The molecule has 1 aliphatic rings. The summed E-state index contributed by atoms with van der Waals surface area (Å²) in [6.07, 6.45) is 4.28. The largest absolute Gasteiger partial charge is 0.480 e. The van der Waals surface area contributed by atoms with Gasteiger partial charge in [0.25, 0.3) is 0 Å². The second kappa shape index (κ2) is 5.34. The second-order valence-electron chi connectivity index (χ2n) is 4.25. The molecule has 1 atom stereocenters. The topological polar surface area (TPSA) is 91.3 Å².